The Hall–Kier alpha value is -1.44. The van der Waals surface area contributed by atoms with Gasteiger partial charge in [0.15, 0.2) is 0 Å². The summed E-state index contributed by atoms with van der Waals surface area (Å²) in [5.41, 5.74) is 0.755. The number of hydrogen-bond acceptors (Lipinski definition) is 2. The maximum absolute atomic E-state index is 12.9. The average Bonchev–Trinajstić information content (AvgIpc) is 3.59. The number of rotatable bonds is 5. The van der Waals surface area contributed by atoms with Gasteiger partial charge >= 0.3 is 142 Å². The second kappa shape index (κ2) is 1.26. The molecular formula is C23H20FeO2. The van der Waals surface area contributed by atoms with Gasteiger partial charge in [-0.15, -0.1) is 0 Å². The molecule has 10 aliphatic heterocycles. The van der Waals surface area contributed by atoms with Gasteiger partial charge in [-0.05, 0) is 0 Å². The first-order valence-electron chi connectivity index (χ1n) is 10.0. The molecule has 10 heterocycles. The molecule has 10 saturated heterocycles. The first-order valence-corrected chi connectivity index (χ1v) is 16.2. The summed E-state index contributed by atoms with van der Waals surface area (Å²) >= 11 is 0. The Morgan fingerprint density at radius 3 is 2.04 bits per heavy atom. The number of Topliss-reactive ketones (excluding diaryl/α,β-unsaturated/α-hetero) is 1. The van der Waals surface area contributed by atoms with Crippen LogP contribution in [-0.2, 0) is 11.3 Å². The average molecular weight is 384 g/mol. The number of ketones is 2. The third-order valence-electron chi connectivity index (χ3n) is 17.2. The van der Waals surface area contributed by atoms with E-state index < -0.39 is 6.51 Å². The van der Waals surface area contributed by atoms with Crippen molar-refractivity contribution in [3.8, 4) is 0 Å². The summed E-state index contributed by atoms with van der Waals surface area (Å²) in [6, 6.07) is 9.50. The van der Waals surface area contributed by atoms with Gasteiger partial charge in [0, 0.05) is 0 Å². The third kappa shape index (κ3) is 0.167. The first kappa shape index (κ1) is 11.4. The van der Waals surface area contributed by atoms with Crippen molar-refractivity contribution < 1.29 is 16.1 Å². The summed E-state index contributed by atoms with van der Waals surface area (Å²) in [7, 11) is 0. The van der Waals surface area contributed by atoms with Gasteiger partial charge in [-0.25, -0.2) is 0 Å². The molecule has 0 radical (unpaired) electrons. The van der Waals surface area contributed by atoms with Crippen molar-refractivity contribution in [1.82, 2.24) is 0 Å². The van der Waals surface area contributed by atoms with E-state index in [2.05, 4.69) is 12.2 Å². The summed E-state index contributed by atoms with van der Waals surface area (Å²) in [5.74, 6) is 0.715. The first-order chi connectivity index (χ1) is 12.4. The predicted octanol–water partition coefficient (Wildman–Crippen LogP) is 5.70. The van der Waals surface area contributed by atoms with Crippen molar-refractivity contribution in [2.75, 3.05) is 0 Å². The molecule has 0 saturated carbocycles. The molecule has 1 aromatic rings. The van der Waals surface area contributed by atoms with Crippen LogP contribution in [0.4, 0.5) is 0 Å². The summed E-state index contributed by atoms with van der Waals surface area (Å²) in [4.78, 5) is 33.7. The van der Waals surface area contributed by atoms with Gasteiger partial charge in [0.2, 0.25) is 0 Å². The maximum atomic E-state index is 12.9. The Morgan fingerprint density at radius 1 is 0.923 bits per heavy atom. The number of allylic oxidation sites excluding steroid dienone is 4. The Labute approximate surface area is 142 Å². The molecule has 3 heteroatoms. The van der Waals surface area contributed by atoms with Crippen LogP contribution in [-0.4, -0.2) is 11.6 Å². The molecule has 0 N–H and O–H groups in total. The molecule has 2 nitrogen and oxygen atoms in total. The molecule has 10 fully saturated rings. The Morgan fingerprint density at radius 2 is 1.54 bits per heavy atom. The Bertz CT molecular complexity index is 1530. The molecule has 0 aromatic heterocycles. The van der Waals surface area contributed by atoms with Crippen LogP contribution in [0.15, 0.2) is 54.6 Å². The fourth-order valence-corrected chi connectivity index (χ4v) is 95.3. The molecule has 1 aromatic carbocycles. The van der Waals surface area contributed by atoms with Gasteiger partial charge in [-0.1, -0.05) is 0 Å². The van der Waals surface area contributed by atoms with Gasteiger partial charge in [0.25, 0.3) is 0 Å². The predicted molar refractivity (Wildman–Crippen MR) is 95.1 cm³/mol. The number of benzene rings is 1. The fraction of sp³-hybridized carbons (Fsp3) is 0.478. The minimum absolute atomic E-state index is 0.0839. The molecule has 0 aliphatic carbocycles. The summed E-state index contributed by atoms with van der Waals surface area (Å²) in [6.45, 7) is -1.62. The summed E-state index contributed by atoms with van der Waals surface area (Å²) < 4.78 is 0.905. The van der Waals surface area contributed by atoms with E-state index in [0.29, 0.717) is 14.4 Å². The number of fused-ring (bicyclic) bond motifs is 10. The Kier molecular flexibility index (Phi) is 0.553. The molecule has 132 valence electrons. The molecular weight excluding hydrogens is 364 g/mol. The molecule has 1 spiro atoms. The van der Waals surface area contributed by atoms with Gasteiger partial charge in [0.05, 0.1) is 0 Å². The van der Waals surface area contributed by atoms with Crippen LogP contribution in [0.5, 0.6) is 0 Å². The van der Waals surface area contributed by atoms with Crippen LogP contribution < -0.4 is 0 Å². The number of hydrogen-bond donors (Lipinski definition) is 0. The van der Waals surface area contributed by atoms with Crippen molar-refractivity contribution in [1.29, 1.82) is 0 Å². The third-order valence-corrected chi connectivity index (χ3v) is 60.2. The normalized spacial score (nSPS) is 85.1. The van der Waals surface area contributed by atoms with E-state index in [9.17, 15) is 9.59 Å². The Balaban J connectivity index is 1.08. The molecule has 0 amide bonds. The second-order valence-electron chi connectivity index (χ2n) is 12.8. The van der Waals surface area contributed by atoms with Gasteiger partial charge < -0.3 is 0 Å². The quantitative estimate of drug-likeness (QED) is 0.282. The number of carbonyl (C=O) groups is 2. The molecule has 26 heavy (non-hydrogen) atoms. The van der Waals surface area contributed by atoms with E-state index in [1.165, 1.54) is 0 Å². The van der Waals surface area contributed by atoms with E-state index in [-0.39, 0.29) is 5.78 Å². The zero-order valence-electron chi connectivity index (χ0n) is 14.5. The van der Waals surface area contributed by atoms with Crippen LogP contribution in [0, 0.1) is 0 Å². The second-order valence-corrected chi connectivity index (χ2v) is 36.1. The van der Waals surface area contributed by atoms with Crippen molar-refractivity contribution in [3.05, 3.63) is 60.2 Å². The van der Waals surface area contributed by atoms with Crippen LogP contribution in [0.2, 0.25) is 47.2 Å². The molecule has 0 bridgehead atoms. The topological polar surface area (TPSA) is 34.1 Å². The SMILES string of the molecule is CC(=O)[C]12[CH]3[CH]4[CH]5[CH]1[Fe]45321678[CH]2[CH]1[CH]6[C]7(C=CC=CC(=O)c1ccccc1)[CH]28. The van der Waals surface area contributed by atoms with Crippen LogP contribution in [0.3, 0.4) is 0 Å². The van der Waals surface area contributed by atoms with Crippen molar-refractivity contribution in [2.24, 2.45) is 0 Å². The number of carbonyl (C=O) groups excluding carboxylic acids is 2. The van der Waals surface area contributed by atoms with Gasteiger partial charge in [0.1, 0.15) is 0 Å². The van der Waals surface area contributed by atoms with Gasteiger partial charge in [-0.3, -0.25) is 0 Å². The van der Waals surface area contributed by atoms with Crippen molar-refractivity contribution in [3.63, 3.8) is 0 Å². The molecule has 11 rings (SSSR count). The van der Waals surface area contributed by atoms with Crippen molar-refractivity contribution >= 4 is 11.6 Å². The molecule has 8 atom stereocenters. The van der Waals surface area contributed by atoms with E-state index in [4.69, 9.17) is 0 Å². The van der Waals surface area contributed by atoms with E-state index >= 15 is 0 Å². The van der Waals surface area contributed by atoms with Gasteiger partial charge in [-0.2, -0.15) is 0 Å². The minimum atomic E-state index is -3.57. The summed E-state index contributed by atoms with van der Waals surface area (Å²) in [5, 5.41) is 0. The van der Waals surface area contributed by atoms with Crippen LogP contribution in [0.1, 0.15) is 17.3 Å². The molecule has 8 unspecified atom stereocenters. The van der Waals surface area contributed by atoms with E-state index in [1.54, 1.807) is 6.08 Å². The van der Waals surface area contributed by atoms with Crippen LogP contribution >= 0.6 is 0 Å². The zero-order valence-corrected chi connectivity index (χ0v) is 15.6. The van der Waals surface area contributed by atoms with Crippen LogP contribution in [0.25, 0.3) is 0 Å². The molecule has 10 aliphatic rings. The standard InChI is InChI=1S/C16H13O.C7H7O.Fe/c17-16(15-11-2-1-3-12-15)13-7-6-10-14-8-4-5-9-14;1-6(8)7-4-2-3-5-7;/h1-13H;2-5H,1H3;. The zero-order chi connectivity index (χ0) is 17.0. The van der Waals surface area contributed by atoms with E-state index in [1.807, 2.05) is 43.3 Å². The summed E-state index contributed by atoms with van der Waals surface area (Å²) in [6.07, 6.45) is 8.48. The fourth-order valence-electron chi connectivity index (χ4n) is 19.2. The van der Waals surface area contributed by atoms with Crippen molar-refractivity contribution in [2.45, 2.75) is 54.1 Å². The van der Waals surface area contributed by atoms with E-state index in [0.717, 1.165) is 44.1 Å². The monoisotopic (exact) mass is 384 g/mol.